The van der Waals surface area contributed by atoms with Crippen LogP contribution in [0.1, 0.15) is 46.8 Å². The van der Waals surface area contributed by atoms with Gasteiger partial charge >= 0.3 is 18.4 Å². The summed E-state index contributed by atoms with van der Waals surface area (Å²) in [6.07, 6.45) is -10.1. The Bertz CT molecular complexity index is 1100. The minimum Gasteiger partial charge on any atom is -0.352 e. The van der Waals surface area contributed by atoms with Crippen molar-refractivity contribution in [3.8, 4) is 0 Å². The van der Waals surface area contributed by atoms with Crippen LogP contribution in [0.2, 0.25) is 0 Å². The van der Waals surface area contributed by atoms with E-state index in [1.54, 1.807) is 6.92 Å². The van der Waals surface area contributed by atoms with Crippen LogP contribution in [0.5, 0.6) is 0 Å². The van der Waals surface area contributed by atoms with Crippen molar-refractivity contribution in [2.45, 2.75) is 38.3 Å². The third kappa shape index (κ3) is 5.51. The standard InChI is InChI=1S/C23H22F7N3O2/c1-12-8-17(24)4-5-18(12)19-20(34)31-6-7-33(19)21(35)32(3)13(2)14-9-15(22(25,26)27)11-16(10-14)23(28,29)30/h4-5,8-11,13,19H,6-7H2,1-3H3,(H,31,34)/t13-,19+/m0/s1. The van der Waals surface area contributed by atoms with Crippen molar-refractivity contribution in [3.05, 3.63) is 70.0 Å². The molecule has 0 bridgehead atoms. The Labute approximate surface area is 196 Å². The number of hydrogen-bond acceptors (Lipinski definition) is 2. The number of halogens is 7. The zero-order valence-corrected chi connectivity index (χ0v) is 18.9. The van der Waals surface area contributed by atoms with Crippen LogP contribution in [0.3, 0.4) is 0 Å². The normalized spacial score (nSPS) is 17.7. The first kappa shape index (κ1) is 26.3. The summed E-state index contributed by atoms with van der Waals surface area (Å²) in [6, 6.07) is 1.67. The molecule has 3 amide bonds. The van der Waals surface area contributed by atoms with Gasteiger partial charge in [-0.2, -0.15) is 26.3 Å². The zero-order chi connectivity index (χ0) is 26.3. The van der Waals surface area contributed by atoms with Gasteiger partial charge in [-0.15, -0.1) is 0 Å². The number of nitrogens with one attached hydrogen (secondary N) is 1. The molecule has 0 radical (unpaired) electrons. The van der Waals surface area contributed by atoms with Crippen molar-refractivity contribution >= 4 is 11.9 Å². The lowest BCUT2D eigenvalue weighted by Crippen LogP contribution is -2.55. The van der Waals surface area contributed by atoms with Crippen molar-refractivity contribution < 1.29 is 40.3 Å². The number of hydrogen-bond donors (Lipinski definition) is 1. The molecule has 0 aliphatic carbocycles. The third-order valence-corrected chi connectivity index (χ3v) is 5.96. The molecule has 0 saturated carbocycles. The van der Waals surface area contributed by atoms with Crippen molar-refractivity contribution in [1.29, 1.82) is 0 Å². The lowest BCUT2D eigenvalue weighted by atomic mass is 9.97. The van der Waals surface area contributed by atoms with Crippen LogP contribution in [0.4, 0.5) is 35.5 Å². The maximum atomic E-state index is 13.6. The number of carbonyl (C=O) groups excluding carboxylic acids is 2. The van der Waals surface area contributed by atoms with Gasteiger partial charge in [0.15, 0.2) is 0 Å². The molecular formula is C23H22F7N3O2. The highest BCUT2D eigenvalue weighted by atomic mass is 19.4. The number of urea groups is 1. The maximum absolute atomic E-state index is 13.6. The van der Waals surface area contributed by atoms with Gasteiger partial charge in [-0.05, 0) is 60.9 Å². The number of nitrogens with zero attached hydrogens (tertiary/aromatic N) is 2. The number of aryl methyl sites for hydroxylation is 1. The summed E-state index contributed by atoms with van der Waals surface area (Å²) in [7, 11) is 1.22. The van der Waals surface area contributed by atoms with E-state index in [0.717, 1.165) is 15.9 Å². The van der Waals surface area contributed by atoms with Crippen molar-refractivity contribution in [2.24, 2.45) is 0 Å². The molecule has 35 heavy (non-hydrogen) atoms. The van der Waals surface area contributed by atoms with E-state index in [2.05, 4.69) is 5.32 Å². The van der Waals surface area contributed by atoms with Crippen LogP contribution in [0.25, 0.3) is 0 Å². The summed E-state index contributed by atoms with van der Waals surface area (Å²) in [5.41, 5.74) is -2.62. The Hall–Kier alpha value is -3.31. The fourth-order valence-corrected chi connectivity index (χ4v) is 3.94. The van der Waals surface area contributed by atoms with Gasteiger partial charge in [0.2, 0.25) is 5.91 Å². The third-order valence-electron chi connectivity index (χ3n) is 5.96. The Morgan fingerprint density at radius 3 is 2.14 bits per heavy atom. The Kier molecular flexibility index (Phi) is 7.05. The summed E-state index contributed by atoms with van der Waals surface area (Å²) in [6.45, 7) is 2.96. The van der Waals surface area contributed by atoms with E-state index in [0.29, 0.717) is 23.3 Å². The van der Waals surface area contributed by atoms with Gasteiger partial charge in [-0.25, -0.2) is 9.18 Å². The van der Waals surface area contributed by atoms with Crippen LogP contribution >= 0.6 is 0 Å². The molecule has 1 N–H and O–H groups in total. The summed E-state index contributed by atoms with van der Waals surface area (Å²) >= 11 is 0. The van der Waals surface area contributed by atoms with Crippen LogP contribution in [-0.2, 0) is 17.1 Å². The summed E-state index contributed by atoms with van der Waals surface area (Å²) in [5, 5.41) is 2.61. The SMILES string of the molecule is Cc1cc(F)ccc1[C@@H]1C(=O)NCCN1C(=O)N(C)[C@@H](C)c1cc(C(F)(F)F)cc(C(F)(F)F)c1. The van der Waals surface area contributed by atoms with E-state index < -0.39 is 53.3 Å². The second-order valence-corrected chi connectivity index (χ2v) is 8.30. The molecule has 5 nitrogen and oxygen atoms in total. The van der Waals surface area contributed by atoms with Crippen LogP contribution in [-0.4, -0.2) is 41.9 Å². The monoisotopic (exact) mass is 505 g/mol. The van der Waals surface area contributed by atoms with Gasteiger partial charge in [0.05, 0.1) is 17.2 Å². The number of rotatable bonds is 3. The number of piperazine rings is 1. The number of benzene rings is 2. The van der Waals surface area contributed by atoms with Crippen LogP contribution < -0.4 is 5.32 Å². The average Bonchev–Trinajstić information content (AvgIpc) is 2.76. The molecule has 1 aliphatic heterocycles. The van der Waals surface area contributed by atoms with E-state index in [1.807, 2.05) is 0 Å². The predicted molar refractivity (Wildman–Crippen MR) is 112 cm³/mol. The second kappa shape index (κ2) is 9.38. The van der Waals surface area contributed by atoms with E-state index >= 15 is 0 Å². The van der Waals surface area contributed by atoms with Crippen molar-refractivity contribution in [2.75, 3.05) is 20.1 Å². The Morgan fingerprint density at radius 1 is 1.06 bits per heavy atom. The minimum atomic E-state index is -5.03. The van der Waals surface area contributed by atoms with E-state index in [4.69, 9.17) is 0 Å². The summed E-state index contributed by atoms with van der Waals surface area (Å²) < 4.78 is 93.2. The van der Waals surface area contributed by atoms with Crippen LogP contribution in [0.15, 0.2) is 36.4 Å². The Balaban J connectivity index is 1.98. The molecule has 2 aromatic rings. The molecule has 3 rings (SSSR count). The van der Waals surface area contributed by atoms with Gasteiger partial charge in [0.1, 0.15) is 11.9 Å². The molecule has 0 unspecified atom stereocenters. The van der Waals surface area contributed by atoms with Gasteiger partial charge in [-0.1, -0.05) is 6.07 Å². The number of amides is 3. The zero-order valence-electron chi connectivity index (χ0n) is 18.9. The van der Waals surface area contributed by atoms with Gasteiger partial charge in [-0.3, -0.25) is 4.79 Å². The highest BCUT2D eigenvalue weighted by Crippen LogP contribution is 2.38. The molecule has 190 valence electrons. The summed E-state index contributed by atoms with van der Waals surface area (Å²) in [4.78, 5) is 28.1. The number of alkyl halides is 6. The second-order valence-electron chi connectivity index (χ2n) is 8.30. The molecule has 12 heteroatoms. The lowest BCUT2D eigenvalue weighted by molar-refractivity contribution is -0.143. The highest BCUT2D eigenvalue weighted by Gasteiger charge is 2.40. The Morgan fingerprint density at radius 2 is 1.63 bits per heavy atom. The van der Waals surface area contributed by atoms with E-state index in [9.17, 15) is 40.3 Å². The van der Waals surface area contributed by atoms with Gasteiger partial charge in [0, 0.05) is 20.1 Å². The molecule has 1 aliphatic rings. The quantitative estimate of drug-likeness (QED) is 0.564. The summed E-state index contributed by atoms with van der Waals surface area (Å²) in [5.74, 6) is -1.09. The first-order valence-corrected chi connectivity index (χ1v) is 10.5. The molecule has 1 heterocycles. The highest BCUT2D eigenvalue weighted by molar-refractivity contribution is 5.89. The smallest absolute Gasteiger partial charge is 0.352 e. The molecule has 1 fully saturated rings. The van der Waals surface area contributed by atoms with Gasteiger partial charge in [0.25, 0.3) is 0 Å². The molecule has 0 spiro atoms. The fraction of sp³-hybridized carbons (Fsp3) is 0.391. The average molecular weight is 505 g/mol. The first-order valence-electron chi connectivity index (χ1n) is 10.5. The van der Waals surface area contributed by atoms with Crippen molar-refractivity contribution in [1.82, 2.24) is 15.1 Å². The lowest BCUT2D eigenvalue weighted by Gasteiger charge is -2.39. The molecule has 2 aromatic carbocycles. The molecular weight excluding hydrogens is 483 g/mol. The largest absolute Gasteiger partial charge is 0.416 e. The topological polar surface area (TPSA) is 52.7 Å². The fourth-order valence-electron chi connectivity index (χ4n) is 3.94. The molecule has 2 atom stereocenters. The predicted octanol–water partition coefficient (Wildman–Crippen LogP) is 5.46. The molecule has 1 saturated heterocycles. The van der Waals surface area contributed by atoms with Gasteiger partial charge < -0.3 is 15.1 Å². The van der Waals surface area contributed by atoms with Crippen molar-refractivity contribution in [3.63, 3.8) is 0 Å². The molecule has 0 aromatic heterocycles. The number of carbonyl (C=O) groups is 2. The maximum Gasteiger partial charge on any atom is 0.416 e. The minimum absolute atomic E-state index is 0.0142. The van der Waals surface area contributed by atoms with Crippen LogP contribution in [0, 0.1) is 12.7 Å². The van der Waals surface area contributed by atoms with E-state index in [-0.39, 0.29) is 24.7 Å². The van der Waals surface area contributed by atoms with E-state index in [1.165, 1.54) is 26.1 Å². The first-order chi connectivity index (χ1) is 16.1.